The van der Waals surface area contributed by atoms with Gasteiger partial charge in [-0.3, -0.25) is 9.59 Å². The van der Waals surface area contributed by atoms with Crippen LogP contribution in [0.3, 0.4) is 0 Å². The fourth-order valence-electron chi connectivity index (χ4n) is 1.75. The molecule has 0 N–H and O–H groups in total. The molecule has 0 amide bonds. The number of Topliss-reactive ketones (excluding diaryl/α,β-unsaturated/α-hetero) is 2. The SMILES string of the molecule is Cc1nc(C2C(=O)CCCC2=O)cs1. The van der Waals surface area contributed by atoms with Gasteiger partial charge in [-0.15, -0.1) is 11.3 Å². The summed E-state index contributed by atoms with van der Waals surface area (Å²) in [5.41, 5.74) is 0.655. The monoisotopic (exact) mass is 209 g/mol. The Labute approximate surface area is 86.2 Å². The second kappa shape index (κ2) is 3.61. The van der Waals surface area contributed by atoms with E-state index in [-0.39, 0.29) is 11.6 Å². The third kappa shape index (κ3) is 1.62. The molecular formula is C10H11NO2S. The molecule has 0 spiro atoms. The summed E-state index contributed by atoms with van der Waals surface area (Å²) in [5, 5.41) is 2.73. The Morgan fingerprint density at radius 3 is 2.50 bits per heavy atom. The summed E-state index contributed by atoms with van der Waals surface area (Å²) < 4.78 is 0. The lowest BCUT2D eigenvalue weighted by Gasteiger charge is -2.17. The molecule has 0 aliphatic heterocycles. The van der Waals surface area contributed by atoms with E-state index in [1.54, 1.807) is 0 Å². The fourth-order valence-corrected chi connectivity index (χ4v) is 2.39. The average molecular weight is 209 g/mol. The van der Waals surface area contributed by atoms with Crippen molar-refractivity contribution in [2.75, 3.05) is 0 Å². The molecule has 1 aliphatic carbocycles. The molecule has 0 saturated heterocycles. The number of carbonyl (C=O) groups excluding carboxylic acids is 2. The van der Waals surface area contributed by atoms with E-state index in [0.29, 0.717) is 25.0 Å². The van der Waals surface area contributed by atoms with Crippen molar-refractivity contribution in [3.8, 4) is 0 Å². The smallest absolute Gasteiger partial charge is 0.149 e. The summed E-state index contributed by atoms with van der Waals surface area (Å²) in [6, 6.07) is 0. The lowest BCUT2D eigenvalue weighted by Crippen LogP contribution is -2.26. The minimum absolute atomic E-state index is 0.0338. The third-order valence-electron chi connectivity index (χ3n) is 2.42. The van der Waals surface area contributed by atoms with Crippen LogP contribution >= 0.6 is 11.3 Å². The maximum absolute atomic E-state index is 11.6. The van der Waals surface area contributed by atoms with Gasteiger partial charge in [0.1, 0.15) is 17.5 Å². The molecule has 1 fully saturated rings. The van der Waals surface area contributed by atoms with Gasteiger partial charge in [0.15, 0.2) is 0 Å². The molecule has 0 radical (unpaired) electrons. The molecule has 1 aliphatic rings. The van der Waals surface area contributed by atoms with Crippen LogP contribution in [-0.2, 0) is 9.59 Å². The topological polar surface area (TPSA) is 47.0 Å². The summed E-state index contributed by atoms with van der Waals surface area (Å²) in [4.78, 5) is 27.3. The molecule has 0 aromatic carbocycles. The summed E-state index contributed by atoms with van der Waals surface area (Å²) in [7, 11) is 0. The zero-order valence-corrected chi connectivity index (χ0v) is 8.76. The van der Waals surface area contributed by atoms with Gasteiger partial charge < -0.3 is 0 Å². The molecule has 1 aromatic rings. The van der Waals surface area contributed by atoms with Crippen LogP contribution in [0.4, 0.5) is 0 Å². The van der Waals surface area contributed by atoms with E-state index in [4.69, 9.17) is 0 Å². The van der Waals surface area contributed by atoms with Crippen molar-refractivity contribution in [3.63, 3.8) is 0 Å². The van der Waals surface area contributed by atoms with E-state index in [2.05, 4.69) is 4.98 Å². The Hall–Kier alpha value is -1.03. The quantitative estimate of drug-likeness (QED) is 0.663. The van der Waals surface area contributed by atoms with Crippen molar-refractivity contribution in [1.29, 1.82) is 0 Å². The first-order valence-corrected chi connectivity index (χ1v) is 5.54. The van der Waals surface area contributed by atoms with Crippen molar-refractivity contribution in [1.82, 2.24) is 4.98 Å². The minimum atomic E-state index is -0.561. The van der Waals surface area contributed by atoms with Crippen LogP contribution in [0.2, 0.25) is 0 Å². The maximum Gasteiger partial charge on any atom is 0.149 e. The number of ketones is 2. The van der Waals surface area contributed by atoms with Crippen LogP contribution in [-0.4, -0.2) is 16.6 Å². The van der Waals surface area contributed by atoms with Crippen LogP contribution < -0.4 is 0 Å². The van der Waals surface area contributed by atoms with Crippen molar-refractivity contribution < 1.29 is 9.59 Å². The van der Waals surface area contributed by atoms with E-state index in [1.165, 1.54) is 11.3 Å². The summed E-state index contributed by atoms with van der Waals surface area (Å²) in [5.74, 6) is -0.494. The van der Waals surface area contributed by atoms with Crippen LogP contribution in [0.25, 0.3) is 0 Å². The van der Waals surface area contributed by atoms with E-state index in [9.17, 15) is 9.59 Å². The number of thiazole rings is 1. The maximum atomic E-state index is 11.6. The zero-order chi connectivity index (χ0) is 10.1. The van der Waals surface area contributed by atoms with Crippen molar-refractivity contribution in [3.05, 3.63) is 16.1 Å². The molecule has 0 bridgehead atoms. The molecule has 2 rings (SSSR count). The molecule has 4 heteroatoms. The average Bonchev–Trinajstić information content (AvgIpc) is 2.51. The van der Waals surface area contributed by atoms with Crippen molar-refractivity contribution >= 4 is 22.9 Å². The highest BCUT2D eigenvalue weighted by molar-refractivity contribution is 7.09. The fraction of sp³-hybridized carbons (Fsp3) is 0.500. The molecule has 1 aromatic heterocycles. The Balaban J connectivity index is 2.31. The van der Waals surface area contributed by atoms with E-state index < -0.39 is 5.92 Å². The number of rotatable bonds is 1. The molecule has 14 heavy (non-hydrogen) atoms. The highest BCUT2D eigenvalue weighted by Crippen LogP contribution is 2.27. The third-order valence-corrected chi connectivity index (χ3v) is 3.21. The van der Waals surface area contributed by atoms with Crippen LogP contribution in [0, 0.1) is 6.92 Å². The second-order valence-electron chi connectivity index (χ2n) is 3.51. The number of aromatic nitrogens is 1. The molecule has 0 atom stereocenters. The molecule has 1 heterocycles. The molecule has 74 valence electrons. The summed E-state index contributed by atoms with van der Waals surface area (Å²) in [6.07, 6.45) is 1.75. The van der Waals surface area contributed by atoms with Gasteiger partial charge in [0.2, 0.25) is 0 Å². The van der Waals surface area contributed by atoms with Crippen molar-refractivity contribution in [2.45, 2.75) is 32.1 Å². The molecule has 0 unspecified atom stereocenters. The van der Waals surface area contributed by atoms with Gasteiger partial charge in [0.25, 0.3) is 0 Å². The minimum Gasteiger partial charge on any atom is -0.298 e. The van der Waals surface area contributed by atoms with Crippen LogP contribution in [0.15, 0.2) is 5.38 Å². The predicted octanol–water partition coefficient (Wildman–Crippen LogP) is 1.86. The first-order chi connectivity index (χ1) is 6.68. The van der Waals surface area contributed by atoms with Gasteiger partial charge in [-0.25, -0.2) is 4.98 Å². The van der Waals surface area contributed by atoms with Gasteiger partial charge in [0.05, 0.1) is 10.7 Å². The van der Waals surface area contributed by atoms with Gasteiger partial charge in [0, 0.05) is 18.2 Å². The Morgan fingerprint density at radius 1 is 1.36 bits per heavy atom. The number of aryl methyl sites for hydroxylation is 1. The number of hydrogen-bond donors (Lipinski definition) is 0. The lowest BCUT2D eigenvalue weighted by molar-refractivity contribution is -0.131. The molecular weight excluding hydrogens is 198 g/mol. The second-order valence-corrected chi connectivity index (χ2v) is 4.57. The number of hydrogen-bond acceptors (Lipinski definition) is 4. The highest BCUT2D eigenvalue weighted by Gasteiger charge is 2.32. The Bertz CT molecular complexity index is 367. The highest BCUT2D eigenvalue weighted by atomic mass is 32.1. The molecule has 3 nitrogen and oxygen atoms in total. The van der Waals surface area contributed by atoms with Gasteiger partial charge in [-0.05, 0) is 13.3 Å². The van der Waals surface area contributed by atoms with E-state index in [1.807, 2.05) is 12.3 Å². The molecule has 1 saturated carbocycles. The van der Waals surface area contributed by atoms with Crippen molar-refractivity contribution in [2.24, 2.45) is 0 Å². The number of nitrogens with zero attached hydrogens (tertiary/aromatic N) is 1. The summed E-state index contributed by atoms with van der Waals surface area (Å²) in [6.45, 7) is 1.88. The summed E-state index contributed by atoms with van der Waals surface area (Å²) >= 11 is 1.49. The lowest BCUT2D eigenvalue weighted by atomic mass is 9.85. The first kappa shape index (κ1) is 9.52. The number of carbonyl (C=O) groups is 2. The van der Waals surface area contributed by atoms with Gasteiger partial charge in [-0.1, -0.05) is 0 Å². The van der Waals surface area contributed by atoms with Crippen LogP contribution in [0.5, 0.6) is 0 Å². The standard InChI is InChI=1S/C10H11NO2S/c1-6-11-7(5-14-6)10-8(12)3-2-4-9(10)13/h5,10H,2-4H2,1H3. The van der Waals surface area contributed by atoms with E-state index >= 15 is 0 Å². The van der Waals surface area contributed by atoms with Crippen LogP contribution in [0.1, 0.15) is 35.9 Å². The predicted molar refractivity (Wildman–Crippen MR) is 53.5 cm³/mol. The van der Waals surface area contributed by atoms with Gasteiger partial charge >= 0.3 is 0 Å². The zero-order valence-electron chi connectivity index (χ0n) is 7.95. The normalized spacial score (nSPS) is 18.9. The first-order valence-electron chi connectivity index (χ1n) is 4.66. The van der Waals surface area contributed by atoms with Gasteiger partial charge in [-0.2, -0.15) is 0 Å². The van der Waals surface area contributed by atoms with E-state index in [0.717, 1.165) is 5.01 Å². The Morgan fingerprint density at radius 2 is 2.00 bits per heavy atom. The largest absolute Gasteiger partial charge is 0.298 e. The Kier molecular flexibility index (Phi) is 2.46.